The number of methoxy groups -OCH3 is 1. The third-order valence-electron chi connectivity index (χ3n) is 4.33. The smallest absolute Gasteiger partial charge is 0.346 e. The monoisotopic (exact) mass is 396 g/mol. The molecule has 1 saturated heterocycles. The second-order valence-electron chi connectivity index (χ2n) is 5.99. The van der Waals surface area contributed by atoms with Crippen LogP contribution in [0, 0.1) is 0 Å². The lowest BCUT2D eigenvalue weighted by Gasteiger charge is -2.15. The van der Waals surface area contributed by atoms with Crippen molar-refractivity contribution < 1.29 is 22.7 Å². The average molecular weight is 396 g/mol. The van der Waals surface area contributed by atoms with Gasteiger partial charge in [-0.3, -0.25) is 4.79 Å². The molecule has 9 heteroatoms. The van der Waals surface area contributed by atoms with Crippen molar-refractivity contribution in [2.75, 3.05) is 26.0 Å². The molecule has 2 heterocycles. The molecule has 0 aromatic heterocycles. The highest BCUT2D eigenvalue weighted by Gasteiger charge is 2.27. The molecule has 1 fully saturated rings. The molecule has 1 N–H and O–H groups in total. The van der Waals surface area contributed by atoms with Crippen molar-refractivity contribution in [3.63, 3.8) is 0 Å². The summed E-state index contributed by atoms with van der Waals surface area (Å²) >= 11 is 1.35. The minimum absolute atomic E-state index is 0.182. The molecule has 1 aromatic rings. The maximum absolute atomic E-state index is 12.5. The molecular formula is C17H20N2O5S2. The van der Waals surface area contributed by atoms with Gasteiger partial charge in [-0.25, -0.2) is 13.2 Å². The first-order valence-electron chi connectivity index (χ1n) is 8.29. The highest BCUT2D eigenvalue weighted by molar-refractivity contribution is 8.04. The summed E-state index contributed by atoms with van der Waals surface area (Å²) in [6.07, 6.45) is 2.31. The molecule has 2 aliphatic heterocycles. The van der Waals surface area contributed by atoms with Gasteiger partial charge in [-0.2, -0.15) is 4.31 Å². The Bertz CT molecular complexity index is 840. The predicted molar refractivity (Wildman–Crippen MR) is 98.0 cm³/mol. The molecule has 1 amide bonds. The lowest BCUT2D eigenvalue weighted by molar-refractivity contribution is -0.135. The summed E-state index contributed by atoms with van der Waals surface area (Å²) in [5, 5.41) is 2.73. The van der Waals surface area contributed by atoms with Crippen LogP contribution in [0.1, 0.15) is 29.6 Å². The Morgan fingerprint density at radius 2 is 1.81 bits per heavy atom. The number of rotatable bonds is 5. The lowest BCUT2D eigenvalue weighted by Crippen LogP contribution is -2.28. The Hall–Kier alpha value is -1.84. The van der Waals surface area contributed by atoms with Crippen LogP contribution in [0.5, 0.6) is 0 Å². The van der Waals surface area contributed by atoms with Gasteiger partial charge in [0.2, 0.25) is 10.0 Å². The molecular weight excluding hydrogens is 376 g/mol. The van der Waals surface area contributed by atoms with Crippen molar-refractivity contribution in [1.82, 2.24) is 9.62 Å². The average Bonchev–Trinajstić information content (AvgIpc) is 3.33. The number of sulfonamides is 1. The molecule has 7 nitrogen and oxygen atoms in total. The number of thioether (sulfide) groups is 1. The fraction of sp³-hybridized carbons (Fsp3) is 0.412. The van der Waals surface area contributed by atoms with Gasteiger partial charge in [0, 0.05) is 30.1 Å². The second-order valence-corrected chi connectivity index (χ2v) is 9.03. The van der Waals surface area contributed by atoms with Gasteiger partial charge in [0.1, 0.15) is 4.91 Å². The summed E-state index contributed by atoms with van der Waals surface area (Å²) in [5.74, 6) is -0.142. The van der Waals surface area contributed by atoms with Gasteiger partial charge in [-0.15, -0.1) is 11.8 Å². The number of nitrogens with one attached hydrogen (secondary N) is 1. The van der Waals surface area contributed by atoms with E-state index in [2.05, 4.69) is 5.32 Å². The SMILES string of the molecule is COC(=O)C1=C(NC(=O)c2ccc(S(=O)(=O)N3CCCC3)cc2)CCS1. The number of nitrogens with zero attached hydrogens (tertiary/aromatic N) is 1. The zero-order valence-corrected chi connectivity index (χ0v) is 16.0. The third-order valence-corrected chi connectivity index (χ3v) is 7.35. The van der Waals surface area contributed by atoms with E-state index in [-0.39, 0.29) is 10.8 Å². The van der Waals surface area contributed by atoms with Crippen LogP contribution >= 0.6 is 11.8 Å². The molecule has 26 heavy (non-hydrogen) atoms. The second kappa shape index (κ2) is 7.81. The van der Waals surface area contributed by atoms with Gasteiger partial charge in [-0.05, 0) is 43.5 Å². The van der Waals surface area contributed by atoms with Crippen molar-refractivity contribution >= 4 is 33.7 Å². The van der Waals surface area contributed by atoms with Gasteiger partial charge in [-0.1, -0.05) is 0 Å². The molecule has 0 atom stereocenters. The standard InChI is InChI=1S/C17H20N2O5S2/c1-24-17(21)15-14(8-11-25-15)18-16(20)12-4-6-13(7-5-12)26(22,23)19-9-2-3-10-19/h4-7H,2-3,8-11H2,1H3,(H,18,20). The van der Waals surface area contributed by atoms with Gasteiger partial charge in [0.15, 0.2) is 0 Å². The highest BCUT2D eigenvalue weighted by atomic mass is 32.2. The van der Waals surface area contributed by atoms with E-state index in [0.717, 1.165) is 12.8 Å². The Labute approximate surface area is 156 Å². The molecule has 0 bridgehead atoms. The van der Waals surface area contributed by atoms with E-state index in [9.17, 15) is 18.0 Å². The first-order valence-corrected chi connectivity index (χ1v) is 10.7. The van der Waals surface area contributed by atoms with Crippen LogP contribution < -0.4 is 5.32 Å². The summed E-state index contributed by atoms with van der Waals surface area (Å²) in [7, 11) is -2.20. The predicted octanol–water partition coefficient (Wildman–Crippen LogP) is 1.72. The quantitative estimate of drug-likeness (QED) is 0.762. The highest BCUT2D eigenvalue weighted by Crippen LogP contribution is 2.31. The number of ether oxygens (including phenoxy) is 1. The van der Waals surface area contributed by atoms with Crippen molar-refractivity contribution in [3.8, 4) is 0 Å². The zero-order valence-electron chi connectivity index (χ0n) is 14.4. The number of esters is 1. The van der Waals surface area contributed by atoms with Crippen LogP contribution in [0.25, 0.3) is 0 Å². The van der Waals surface area contributed by atoms with Crippen LogP contribution in [0.4, 0.5) is 0 Å². The summed E-state index contributed by atoms with van der Waals surface area (Å²) in [6, 6.07) is 5.86. The van der Waals surface area contributed by atoms with Crippen molar-refractivity contribution in [2.45, 2.75) is 24.2 Å². The van der Waals surface area contributed by atoms with E-state index in [4.69, 9.17) is 4.74 Å². The first kappa shape index (κ1) is 18.9. The lowest BCUT2D eigenvalue weighted by atomic mass is 10.2. The normalized spacial score (nSPS) is 18.2. The molecule has 140 valence electrons. The molecule has 0 spiro atoms. The van der Waals surface area contributed by atoms with E-state index >= 15 is 0 Å². The molecule has 0 radical (unpaired) electrons. The number of amides is 1. The van der Waals surface area contributed by atoms with Gasteiger partial charge >= 0.3 is 5.97 Å². The molecule has 0 saturated carbocycles. The Morgan fingerprint density at radius 3 is 2.42 bits per heavy atom. The maximum Gasteiger partial charge on any atom is 0.346 e. The number of carbonyl (C=O) groups is 2. The fourth-order valence-corrected chi connectivity index (χ4v) is 5.47. The largest absolute Gasteiger partial charge is 0.465 e. The van der Waals surface area contributed by atoms with Crippen LogP contribution in [0.2, 0.25) is 0 Å². The molecule has 1 aromatic carbocycles. The topological polar surface area (TPSA) is 92.8 Å². The number of hydrogen-bond acceptors (Lipinski definition) is 6. The summed E-state index contributed by atoms with van der Waals surface area (Å²) in [4.78, 5) is 24.7. The van der Waals surface area contributed by atoms with Gasteiger partial charge < -0.3 is 10.1 Å². The molecule has 3 rings (SSSR count). The van der Waals surface area contributed by atoms with Crippen molar-refractivity contribution in [3.05, 3.63) is 40.4 Å². The maximum atomic E-state index is 12.5. The third kappa shape index (κ3) is 3.79. The van der Waals surface area contributed by atoms with E-state index in [1.165, 1.54) is 47.4 Å². The van der Waals surface area contributed by atoms with Gasteiger partial charge in [0.05, 0.1) is 12.0 Å². The van der Waals surface area contributed by atoms with E-state index in [1.807, 2.05) is 0 Å². The number of benzene rings is 1. The first-order chi connectivity index (χ1) is 12.4. The van der Waals surface area contributed by atoms with Crippen LogP contribution in [0.15, 0.2) is 39.8 Å². The van der Waals surface area contributed by atoms with Crippen LogP contribution in [-0.2, 0) is 19.6 Å². The van der Waals surface area contributed by atoms with Crippen LogP contribution in [-0.4, -0.2) is 50.6 Å². The van der Waals surface area contributed by atoms with Crippen molar-refractivity contribution in [1.29, 1.82) is 0 Å². The molecule has 2 aliphatic rings. The zero-order chi connectivity index (χ0) is 18.7. The van der Waals surface area contributed by atoms with Crippen molar-refractivity contribution in [2.24, 2.45) is 0 Å². The minimum Gasteiger partial charge on any atom is -0.465 e. The Kier molecular flexibility index (Phi) is 5.69. The summed E-state index contributed by atoms with van der Waals surface area (Å²) in [6.45, 7) is 1.07. The Balaban J connectivity index is 1.74. The number of allylic oxidation sites excluding steroid dienone is 1. The van der Waals surface area contributed by atoms with Gasteiger partial charge in [0.25, 0.3) is 5.91 Å². The van der Waals surface area contributed by atoms with E-state index < -0.39 is 16.0 Å². The number of hydrogen-bond donors (Lipinski definition) is 1. The number of carbonyl (C=O) groups excluding carboxylic acids is 2. The van der Waals surface area contributed by atoms with E-state index in [0.29, 0.717) is 41.4 Å². The Morgan fingerprint density at radius 1 is 1.15 bits per heavy atom. The molecule has 0 unspecified atom stereocenters. The minimum atomic E-state index is -3.50. The van der Waals surface area contributed by atoms with Crippen LogP contribution in [0.3, 0.4) is 0 Å². The fourth-order valence-electron chi connectivity index (χ4n) is 2.91. The summed E-state index contributed by atoms with van der Waals surface area (Å²) < 4.78 is 31.2. The summed E-state index contributed by atoms with van der Waals surface area (Å²) in [5.41, 5.74) is 0.875. The molecule has 0 aliphatic carbocycles. The van der Waals surface area contributed by atoms with E-state index in [1.54, 1.807) is 0 Å².